The van der Waals surface area contributed by atoms with Crippen molar-refractivity contribution in [2.75, 3.05) is 0 Å². The van der Waals surface area contributed by atoms with Crippen molar-refractivity contribution in [3.63, 3.8) is 0 Å². The van der Waals surface area contributed by atoms with Crippen molar-refractivity contribution in [3.8, 4) is 5.75 Å². The van der Waals surface area contributed by atoms with E-state index in [9.17, 15) is 0 Å². The Balaban J connectivity index is 2.14. The van der Waals surface area contributed by atoms with Crippen LogP contribution in [-0.4, -0.2) is 11.1 Å². The zero-order valence-electron chi connectivity index (χ0n) is 11.2. The molecule has 2 nitrogen and oxygen atoms in total. The minimum absolute atomic E-state index is 0.118. The lowest BCUT2D eigenvalue weighted by molar-refractivity contribution is 0.151. The van der Waals surface area contributed by atoms with E-state index in [2.05, 4.69) is 31.8 Å². The lowest BCUT2D eigenvalue weighted by Gasteiger charge is -2.27. The van der Waals surface area contributed by atoms with Gasteiger partial charge in [-0.05, 0) is 37.2 Å². The van der Waals surface area contributed by atoms with Gasteiger partial charge < -0.3 is 4.74 Å². The number of pyridine rings is 1. The van der Waals surface area contributed by atoms with Crippen LogP contribution in [0.5, 0.6) is 5.75 Å². The van der Waals surface area contributed by atoms with Crippen LogP contribution in [0.4, 0.5) is 0 Å². The zero-order chi connectivity index (χ0) is 12.3. The Morgan fingerprint density at radius 3 is 2.53 bits per heavy atom. The highest BCUT2D eigenvalue weighted by Gasteiger charge is 2.22. The number of nitrogens with zero attached hydrogens (tertiary/aromatic N) is 1. The first kappa shape index (κ1) is 12.4. The molecular weight excluding hydrogens is 210 g/mol. The molecule has 0 atom stereocenters. The van der Waals surface area contributed by atoms with E-state index >= 15 is 0 Å². The van der Waals surface area contributed by atoms with Crippen LogP contribution in [0.15, 0.2) is 18.5 Å². The lowest BCUT2D eigenvalue weighted by atomic mass is 9.87. The van der Waals surface area contributed by atoms with Crippen LogP contribution >= 0.6 is 0 Å². The van der Waals surface area contributed by atoms with Gasteiger partial charge in [0, 0.05) is 11.8 Å². The Hall–Kier alpha value is -1.05. The zero-order valence-corrected chi connectivity index (χ0v) is 11.2. The Morgan fingerprint density at radius 1 is 1.18 bits per heavy atom. The molecule has 0 spiro atoms. The standard InChI is InChI=1S/C15H23NO/c1-15(2,3)13-9-10-16-11-14(13)17-12-7-5-4-6-8-12/h9-12H,4-8H2,1-3H3. The molecular formula is C15H23NO. The van der Waals surface area contributed by atoms with Gasteiger partial charge in [-0.2, -0.15) is 0 Å². The molecule has 2 heteroatoms. The molecule has 1 aliphatic rings. The number of hydrogen-bond acceptors (Lipinski definition) is 2. The molecule has 1 fully saturated rings. The van der Waals surface area contributed by atoms with Crippen molar-refractivity contribution in [1.29, 1.82) is 0 Å². The number of hydrogen-bond donors (Lipinski definition) is 0. The molecule has 0 bridgehead atoms. The molecule has 2 rings (SSSR count). The highest BCUT2D eigenvalue weighted by atomic mass is 16.5. The fourth-order valence-corrected chi connectivity index (χ4v) is 2.46. The fraction of sp³-hybridized carbons (Fsp3) is 0.667. The summed E-state index contributed by atoms with van der Waals surface area (Å²) < 4.78 is 6.15. The maximum Gasteiger partial charge on any atom is 0.141 e. The quantitative estimate of drug-likeness (QED) is 0.767. The van der Waals surface area contributed by atoms with Gasteiger partial charge in [-0.1, -0.05) is 27.2 Å². The lowest BCUT2D eigenvalue weighted by Crippen LogP contribution is -2.22. The van der Waals surface area contributed by atoms with Crippen LogP contribution in [0.25, 0.3) is 0 Å². The van der Waals surface area contributed by atoms with E-state index in [1.54, 1.807) is 0 Å². The SMILES string of the molecule is CC(C)(C)c1ccncc1OC1CCCCC1. The largest absolute Gasteiger partial charge is 0.489 e. The molecule has 1 aromatic rings. The molecule has 1 saturated carbocycles. The van der Waals surface area contributed by atoms with Crippen LogP contribution in [0.3, 0.4) is 0 Å². The van der Waals surface area contributed by atoms with Gasteiger partial charge in [-0.15, -0.1) is 0 Å². The van der Waals surface area contributed by atoms with Gasteiger partial charge in [0.15, 0.2) is 0 Å². The van der Waals surface area contributed by atoms with E-state index in [0.29, 0.717) is 6.10 Å². The van der Waals surface area contributed by atoms with Crippen LogP contribution in [0.1, 0.15) is 58.4 Å². The Morgan fingerprint density at radius 2 is 1.88 bits per heavy atom. The number of rotatable bonds is 2. The maximum atomic E-state index is 6.15. The van der Waals surface area contributed by atoms with Crippen molar-refractivity contribution in [2.45, 2.75) is 64.4 Å². The Labute approximate surface area is 104 Å². The summed E-state index contributed by atoms with van der Waals surface area (Å²) in [6.45, 7) is 6.65. The molecule has 0 N–H and O–H groups in total. The first-order valence-electron chi connectivity index (χ1n) is 6.68. The van der Waals surface area contributed by atoms with Gasteiger partial charge in [0.05, 0.1) is 12.3 Å². The molecule has 94 valence electrons. The maximum absolute atomic E-state index is 6.15. The van der Waals surface area contributed by atoms with E-state index in [-0.39, 0.29) is 5.41 Å². The third-order valence-electron chi connectivity index (χ3n) is 3.44. The second-order valence-corrected chi connectivity index (χ2v) is 6.00. The van der Waals surface area contributed by atoms with E-state index in [1.165, 1.54) is 37.7 Å². The minimum Gasteiger partial charge on any atom is -0.489 e. The molecule has 1 aliphatic carbocycles. The molecule has 1 aromatic heterocycles. The van der Waals surface area contributed by atoms with Crippen LogP contribution in [-0.2, 0) is 5.41 Å². The third-order valence-corrected chi connectivity index (χ3v) is 3.44. The predicted molar refractivity (Wildman–Crippen MR) is 70.4 cm³/mol. The van der Waals surface area contributed by atoms with Gasteiger partial charge >= 0.3 is 0 Å². The monoisotopic (exact) mass is 233 g/mol. The topological polar surface area (TPSA) is 22.1 Å². The number of ether oxygens (including phenoxy) is 1. The molecule has 0 aliphatic heterocycles. The van der Waals surface area contributed by atoms with Crippen LogP contribution < -0.4 is 4.74 Å². The smallest absolute Gasteiger partial charge is 0.141 e. The van der Waals surface area contributed by atoms with Crippen molar-refractivity contribution in [2.24, 2.45) is 0 Å². The average Bonchev–Trinajstić information content (AvgIpc) is 2.30. The highest BCUT2D eigenvalue weighted by molar-refractivity contribution is 5.35. The number of aromatic nitrogens is 1. The Bertz CT molecular complexity index is 361. The van der Waals surface area contributed by atoms with Crippen LogP contribution in [0.2, 0.25) is 0 Å². The van der Waals surface area contributed by atoms with Gasteiger partial charge in [0.25, 0.3) is 0 Å². The summed E-state index contributed by atoms with van der Waals surface area (Å²) in [5, 5.41) is 0. The van der Waals surface area contributed by atoms with Crippen molar-refractivity contribution in [1.82, 2.24) is 4.98 Å². The van der Waals surface area contributed by atoms with Crippen molar-refractivity contribution < 1.29 is 4.74 Å². The van der Waals surface area contributed by atoms with Gasteiger partial charge in [0.1, 0.15) is 5.75 Å². The average molecular weight is 233 g/mol. The second-order valence-electron chi connectivity index (χ2n) is 6.00. The Kier molecular flexibility index (Phi) is 3.70. The van der Waals surface area contributed by atoms with E-state index in [4.69, 9.17) is 4.74 Å². The molecule has 17 heavy (non-hydrogen) atoms. The summed E-state index contributed by atoms with van der Waals surface area (Å²) in [4.78, 5) is 4.20. The molecule has 0 amide bonds. The summed E-state index contributed by atoms with van der Waals surface area (Å²) in [7, 11) is 0. The van der Waals surface area contributed by atoms with Gasteiger partial charge in [-0.3, -0.25) is 4.98 Å². The summed E-state index contributed by atoms with van der Waals surface area (Å²) in [6, 6.07) is 2.08. The van der Waals surface area contributed by atoms with E-state index < -0.39 is 0 Å². The first-order valence-corrected chi connectivity index (χ1v) is 6.68. The van der Waals surface area contributed by atoms with E-state index in [1.807, 2.05) is 12.4 Å². The molecule has 0 unspecified atom stereocenters. The molecule has 0 saturated heterocycles. The van der Waals surface area contributed by atoms with Gasteiger partial charge in [0.2, 0.25) is 0 Å². The summed E-state index contributed by atoms with van der Waals surface area (Å²) >= 11 is 0. The van der Waals surface area contributed by atoms with Crippen molar-refractivity contribution in [3.05, 3.63) is 24.0 Å². The van der Waals surface area contributed by atoms with Gasteiger partial charge in [-0.25, -0.2) is 0 Å². The highest BCUT2D eigenvalue weighted by Crippen LogP contribution is 2.32. The first-order chi connectivity index (χ1) is 8.07. The predicted octanol–water partition coefficient (Wildman–Crippen LogP) is 4.09. The minimum atomic E-state index is 0.118. The molecule has 0 aromatic carbocycles. The third kappa shape index (κ3) is 3.21. The summed E-state index contributed by atoms with van der Waals surface area (Å²) in [5.74, 6) is 0.979. The normalized spacial score (nSPS) is 18.1. The second kappa shape index (κ2) is 5.07. The van der Waals surface area contributed by atoms with Crippen molar-refractivity contribution >= 4 is 0 Å². The van der Waals surface area contributed by atoms with E-state index in [0.717, 1.165) is 5.75 Å². The van der Waals surface area contributed by atoms with Crippen LogP contribution in [0, 0.1) is 0 Å². The molecule has 0 radical (unpaired) electrons. The summed E-state index contributed by atoms with van der Waals surface area (Å²) in [5.41, 5.74) is 1.38. The fourth-order valence-electron chi connectivity index (χ4n) is 2.46. The molecule has 1 heterocycles. The summed E-state index contributed by atoms with van der Waals surface area (Å²) in [6.07, 6.45) is 10.5.